The summed E-state index contributed by atoms with van der Waals surface area (Å²) in [5.41, 5.74) is 0.129. The summed E-state index contributed by atoms with van der Waals surface area (Å²) in [4.78, 5) is 0. The number of hydrogen-bond acceptors (Lipinski definition) is 4. The number of nitriles is 1. The van der Waals surface area contributed by atoms with Crippen LogP contribution in [0.25, 0.3) is 0 Å². The maximum Gasteiger partial charge on any atom is 0.161 e. The SMILES string of the molecule is N#CC1(C(O)c2ccc3c(c2)OCCO3)CCC1. The Morgan fingerprint density at radius 2 is 1.94 bits per heavy atom. The Morgan fingerprint density at radius 3 is 2.56 bits per heavy atom. The van der Waals surface area contributed by atoms with Crippen molar-refractivity contribution in [1.82, 2.24) is 0 Å². The van der Waals surface area contributed by atoms with Gasteiger partial charge in [-0.15, -0.1) is 0 Å². The summed E-state index contributed by atoms with van der Waals surface area (Å²) < 4.78 is 10.9. The van der Waals surface area contributed by atoms with Crippen LogP contribution in [0.3, 0.4) is 0 Å². The van der Waals surface area contributed by atoms with Crippen molar-refractivity contribution in [2.45, 2.75) is 25.4 Å². The Labute approximate surface area is 106 Å². The predicted octanol–water partition coefficient (Wildman–Crippen LogP) is 2.19. The summed E-state index contributed by atoms with van der Waals surface area (Å²) in [6, 6.07) is 7.68. The van der Waals surface area contributed by atoms with E-state index in [9.17, 15) is 10.4 Å². The molecule has 1 fully saturated rings. The maximum absolute atomic E-state index is 10.4. The minimum atomic E-state index is -0.743. The summed E-state index contributed by atoms with van der Waals surface area (Å²) >= 11 is 0. The van der Waals surface area contributed by atoms with Crippen molar-refractivity contribution in [3.05, 3.63) is 23.8 Å². The van der Waals surface area contributed by atoms with E-state index in [0.29, 0.717) is 24.7 Å². The van der Waals surface area contributed by atoms with E-state index in [1.54, 1.807) is 12.1 Å². The molecule has 1 aliphatic heterocycles. The van der Waals surface area contributed by atoms with Gasteiger partial charge in [-0.1, -0.05) is 12.5 Å². The molecule has 0 saturated heterocycles. The first-order chi connectivity index (χ1) is 8.75. The summed E-state index contributed by atoms with van der Waals surface area (Å²) in [6.07, 6.45) is 1.79. The van der Waals surface area contributed by atoms with Gasteiger partial charge in [0.1, 0.15) is 13.2 Å². The lowest BCUT2D eigenvalue weighted by atomic mass is 9.64. The van der Waals surface area contributed by atoms with E-state index in [1.165, 1.54) is 0 Å². The molecule has 2 aliphatic rings. The Morgan fingerprint density at radius 1 is 1.22 bits per heavy atom. The van der Waals surface area contributed by atoms with Crippen LogP contribution in [0.4, 0.5) is 0 Å². The van der Waals surface area contributed by atoms with Crippen LogP contribution in [0.15, 0.2) is 18.2 Å². The number of ether oxygens (including phenoxy) is 2. The van der Waals surface area contributed by atoms with Crippen LogP contribution in [-0.2, 0) is 0 Å². The van der Waals surface area contributed by atoms with Gasteiger partial charge in [-0.3, -0.25) is 0 Å². The van der Waals surface area contributed by atoms with Gasteiger partial charge in [0.05, 0.1) is 17.6 Å². The number of nitrogens with zero attached hydrogens (tertiary/aromatic N) is 1. The molecule has 1 N–H and O–H groups in total. The number of benzene rings is 1. The molecule has 1 unspecified atom stereocenters. The average Bonchev–Trinajstić information content (AvgIpc) is 2.37. The molecular weight excluding hydrogens is 230 g/mol. The Kier molecular flexibility index (Phi) is 2.64. The Bertz CT molecular complexity index is 502. The molecule has 94 valence electrons. The molecule has 3 rings (SSSR count). The predicted molar refractivity (Wildman–Crippen MR) is 64.3 cm³/mol. The zero-order valence-electron chi connectivity index (χ0n) is 10.1. The van der Waals surface area contributed by atoms with Crippen LogP contribution in [0.1, 0.15) is 30.9 Å². The van der Waals surface area contributed by atoms with Crippen molar-refractivity contribution in [2.75, 3.05) is 13.2 Å². The molecule has 1 aromatic rings. The third-order valence-corrected chi connectivity index (χ3v) is 3.87. The van der Waals surface area contributed by atoms with Crippen LogP contribution in [0.2, 0.25) is 0 Å². The first-order valence-corrected chi connectivity index (χ1v) is 6.24. The van der Waals surface area contributed by atoms with Crippen LogP contribution in [0, 0.1) is 16.7 Å². The fraction of sp³-hybridized carbons (Fsp3) is 0.500. The average molecular weight is 245 g/mol. The summed E-state index contributed by atoms with van der Waals surface area (Å²) in [5.74, 6) is 1.36. The highest BCUT2D eigenvalue weighted by molar-refractivity contribution is 5.45. The molecule has 1 aromatic carbocycles. The van der Waals surface area contributed by atoms with Gasteiger partial charge in [-0.05, 0) is 30.5 Å². The molecule has 0 aromatic heterocycles. The summed E-state index contributed by atoms with van der Waals surface area (Å²) in [7, 11) is 0. The van der Waals surface area contributed by atoms with Crippen molar-refractivity contribution in [1.29, 1.82) is 5.26 Å². The van der Waals surface area contributed by atoms with E-state index < -0.39 is 11.5 Å². The van der Waals surface area contributed by atoms with Gasteiger partial charge in [0.15, 0.2) is 11.5 Å². The van der Waals surface area contributed by atoms with E-state index in [4.69, 9.17) is 9.47 Å². The van der Waals surface area contributed by atoms with Crippen LogP contribution in [-0.4, -0.2) is 18.3 Å². The van der Waals surface area contributed by atoms with Gasteiger partial charge >= 0.3 is 0 Å². The molecule has 1 aliphatic carbocycles. The van der Waals surface area contributed by atoms with E-state index in [1.807, 2.05) is 6.07 Å². The van der Waals surface area contributed by atoms with Gasteiger partial charge in [0.25, 0.3) is 0 Å². The minimum Gasteiger partial charge on any atom is -0.486 e. The van der Waals surface area contributed by atoms with Gasteiger partial charge in [-0.2, -0.15) is 5.26 Å². The van der Waals surface area contributed by atoms with Gasteiger partial charge < -0.3 is 14.6 Å². The highest BCUT2D eigenvalue weighted by Crippen LogP contribution is 2.50. The quantitative estimate of drug-likeness (QED) is 0.867. The smallest absolute Gasteiger partial charge is 0.161 e. The minimum absolute atomic E-state index is 0.524. The molecule has 1 heterocycles. The molecule has 4 nitrogen and oxygen atoms in total. The van der Waals surface area contributed by atoms with Crippen LogP contribution >= 0.6 is 0 Å². The number of rotatable bonds is 2. The number of fused-ring (bicyclic) bond motifs is 1. The van der Waals surface area contributed by atoms with Gasteiger partial charge in [0.2, 0.25) is 0 Å². The highest BCUT2D eigenvalue weighted by Gasteiger charge is 2.44. The van der Waals surface area contributed by atoms with E-state index in [0.717, 1.165) is 24.8 Å². The second-order valence-electron chi connectivity index (χ2n) is 4.93. The topological polar surface area (TPSA) is 62.5 Å². The second kappa shape index (κ2) is 4.18. The lowest BCUT2D eigenvalue weighted by Gasteiger charge is -2.39. The largest absolute Gasteiger partial charge is 0.486 e. The van der Waals surface area contributed by atoms with Crippen molar-refractivity contribution < 1.29 is 14.6 Å². The lowest BCUT2D eigenvalue weighted by molar-refractivity contribution is 0.00764. The molecule has 1 atom stereocenters. The van der Waals surface area contributed by atoms with Gasteiger partial charge in [-0.25, -0.2) is 0 Å². The molecule has 0 amide bonds. The first-order valence-electron chi connectivity index (χ1n) is 6.24. The molecule has 0 radical (unpaired) electrons. The van der Waals surface area contributed by atoms with Gasteiger partial charge in [0, 0.05) is 0 Å². The van der Waals surface area contributed by atoms with Crippen LogP contribution in [0.5, 0.6) is 11.5 Å². The van der Waals surface area contributed by atoms with E-state index in [-0.39, 0.29) is 0 Å². The fourth-order valence-corrected chi connectivity index (χ4v) is 2.55. The summed E-state index contributed by atoms with van der Waals surface area (Å²) in [6.45, 7) is 1.08. The molecule has 4 heteroatoms. The van der Waals surface area contributed by atoms with Crippen LogP contribution < -0.4 is 9.47 Å². The molecular formula is C14H15NO3. The standard InChI is InChI=1S/C14H15NO3/c15-9-14(4-1-5-14)13(16)10-2-3-11-12(8-10)18-7-6-17-11/h2-3,8,13,16H,1,4-7H2. The number of hydrogen-bond donors (Lipinski definition) is 1. The lowest BCUT2D eigenvalue weighted by Crippen LogP contribution is -2.34. The Balaban J connectivity index is 1.90. The molecule has 0 bridgehead atoms. The fourth-order valence-electron chi connectivity index (χ4n) is 2.55. The zero-order valence-corrected chi connectivity index (χ0v) is 10.1. The van der Waals surface area contributed by atoms with Crippen molar-refractivity contribution >= 4 is 0 Å². The highest BCUT2D eigenvalue weighted by atomic mass is 16.6. The van der Waals surface area contributed by atoms with Crippen molar-refractivity contribution in [2.24, 2.45) is 5.41 Å². The third-order valence-electron chi connectivity index (χ3n) is 3.87. The monoisotopic (exact) mass is 245 g/mol. The number of aliphatic hydroxyl groups excluding tert-OH is 1. The van der Waals surface area contributed by atoms with E-state index in [2.05, 4.69) is 6.07 Å². The maximum atomic E-state index is 10.4. The zero-order chi connectivity index (χ0) is 12.6. The third kappa shape index (κ3) is 1.63. The number of aliphatic hydroxyl groups is 1. The van der Waals surface area contributed by atoms with Crippen molar-refractivity contribution in [3.8, 4) is 17.6 Å². The first kappa shape index (κ1) is 11.4. The van der Waals surface area contributed by atoms with Crippen molar-refractivity contribution in [3.63, 3.8) is 0 Å². The molecule has 0 spiro atoms. The molecule has 18 heavy (non-hydrogen) atoms. The Hall–Kier alpha value is -1.73. The summed E-state index contributed by atoms with van der Waals surface area (Å²) in [5, 5.41) is 19.6. The molecule has 1 saturated carbocycles. The normalized spacial score (nSPS) is 21.6. The second-order valence-corrected chi connectivity index (χ2v) is 4.93. The van der Waals surface area contributed by atoms with E-state index >= 15 is 0 Å².